The van der Waals surface area contributed by atoms with Crippen molar-refractivity contribution >= 4 is 17.6 Å². The summed E-state index contributed by atoms with van der Waals surface area (Å²) >= 11 is 0. The minimum atomic E-state index is -0.0926. The van der Waals surface area contributed by atoms with Crippen LogP contribution in [-0.2, 0) is 14.4 Å². The molecule has 2 rings (SSSR count). The van der Waals surface area contributed by atoms with E-state index in [0.29, 0.717) is 12.8 Å². The first-order valence-corrected chi connectivity index (χ1v) is 5.35. The smallest absolute Gasteiger partial charge is 0.229 e. The molecule has 0 aromatic heterocycles. The average Bonchev–Trinajstić information content (AvgIpc) is 2.82. The van der Waals surface area contributed by atoms with Gasteiger partial charge in [0.05, 0.1) is 0 Å². The van der Waals surface area contributed by atoms with Crippen molar-refractivity contribution in [1.29, 1.82) is 0 Å². The van der Waals surface area contributed by atoms with E-state index in [2.05, 4.69) is 0 Å². The zero-order chi connectivity index (χ0) is 11.1. The van der Waals surface area contributed by atoms with E-state index in [9.17, 15) is 14.4 Å². The summed E-state index contributed by atoms with van der Waals surface area (Å²) in [5.41, 5.74) is 0.0148. The zero-order valence-electron chi connectivity index (χ0n) is 8.91. The number of carbonyl (C=O) groups excluding carboxylic acids is 3. The van der Waals surface area contributed by atoms with E-state index >= 15 is 0 Å². The van der Waals surface area contributed by atoms with Crippen LogP contribution in [0.1, 0.15) is 39.0 Å². The fourth-order valence-corrected chi connectivity index (χ4v) is 2.08. The van der Waals surface area contributed by atoms with E-state index in [-0.39, 0.29) is 36.0 Å². The van der Waals surface area contributed by atoms with Gasteiger partial charge in [0.15, 0.2) is 0 Å². The Morgan fingerprint density at radius 3 is 2.20 bits per heavy atom. The summed E-state index contributed by atoms with van der Waals surface area (Å²) in [5, 5.41) is 0. The summed E-state index contributed by atoms with van der Waals surface area (Å²) in [4.78, 5) is 35.4. The Labute approximate surface area is 88.6 Å². The molecule has 4 nitrogen and oxygen atoms in total. The first-order chi connectivity index (χ1) is 7.02. The lowest BCUT2D eigenvalue weighted by Gasteiger charge is -2.29. The molecule has 15 heavy (non-hydrogen) atoms. The van der Waals surface area contributed by atoms with Gasteiger partial charge in [0.25, 0.3) is 0 Å². The third-order valence-corrected chi connectivity index (χ3v) is 3.30. The standard InChI is InChI=1S/C11H15NO3/c1-8(13)2-5-12-9(14)6-11(3-4-11)7-10(12)15/h2-7H2,1H3. The van der Waals surface area contributed by atoms with Crippen LogP contribution in [0.25, 0.3) is 0 Å². The lowest BCUT2D eigenvalue weighted by molar-refractivity contribution is -0.150. The van der Waals surface area contributed by atoms with Gasteiger partial charge in [-0.3, -0.25) is 19.3 Å². The molecule has 0 aromatic rings. The molecule has 0 bridgehead atoms. The van der Waals surface area contributed by atoms with Gasteiger partial charge in [-0.05, 0) is 25.2 Å². The molecule has 2 aliphatic rings. The quantitative estimate of drug-likeness (QED) is 0.649. The van der Waals surface area contributed by atoms with Crippen molar-refractivity contribution in [3.05, 3.63) is 0 Å². The Kier molecular flexibility index (Phi) is 2.37. The molecule has 82 valence electrons. The van der Waals surface area contributed by atoms with E-state index < -0.39 is 0 Å². The fourth-order valence-electron chi connectivity index (χ4n) is 2.08. The van der Waals surface area contributed by atoms with Gasteiger partial charge in [0.1, 0.15) is 5.78 Å². The molecule has 1 aliphatic carbocycles. The van der Waals surface area contributed by atoms with Crippen LogP contribution in [0.2, 0.25) is 0 Å². The largest absolute Gasteiger partial charge is 0.300 e. The van der Waals surface area contributed by atoms with E-state index in [1.807, 2.05) is 0 Å². The number of ketones is 1. The van der Waals surface area contributed by atoms with Crippen molar-refractivity contribution in [2.75, 3.05) is 6.54 Å². The summed E-state index contributed by atoms with van der Waals surface area (Å²) in [5.74, 6) is -0.169. The average molecular weight is 209 g/mol. The molecule has 0 radical (unpaired) electrons. The molecular weight excluding hydrogens is 194 g/mol. The molecule has 4 heteroatoms. The molecule has 1 spiro atoms. The molecule has 1 heterocycles. The maximum atomic E-state index is 11.7. The SMILES string of the molecule is CC(=O)CCN1C(=O)CC2(CC2)CC1=O. The van der Waals surface area contributed by atoms with Gasteiger partial charge in [-0.1, -0.05) is 0 Å². The van der Waals surface area contributed by atoms with Gasteiger partial charge >= 0.3 is 0 Å². The Morgan fingerprint density at radius 1 is 1.27 bits per heavy atom. The predicted molar refractivity (Wildman–Crippen MR) is 52.9 cm³/mol. The summed E-state index contributed by atoms with van der Waals surface area (Å²) in [6.07, 6.45) is 3.29. The Morgan fingerprint density at radius 2 is 1.80 bits per heavy atom. The number of amides is 2. The third kappa shape index (κ3) is 2.08. The van der Waals surface area contributed by atoms with Gasteiger partial charge in [-0.15, -0.1) is 0 Å². The third-order valence-electron chi connectivity index (χ3n) is 3.30. The molecule has 2 fully saturated rings. The predicted octanol–water partition coefficient (Wildman–Crippen LogP) is 0.895. The van der Waals surface area contributed by atoms with E-state index in [4.69, 9.17) is 0 Å². The monoisotopic (exact) mass is 209 g/mol. The van der Waals surface area contributed by atoms with Gasteiger partial charge in [0.2, 0.25) is 11.8 Å². The van der Waals surface area contributed by atoms with Crippen LogP contribution in [0.3, 0.4) is 0 Å². The maximum Gasteiger partial charge on any atom is 0.229 e. The van der Waals surface area contributed by atoms with Crippen LogP contribution in [0.15, 0.2) is 0 Å². The summed E-state index contributed by atoms with van der Waals surface area (Å²) in [6, 6.07) is 0. The first kappa shape index (κ1) is 10.3. The highest BCUT2D eigenvalue weighted by Crippen LogP contribution is 2.54. The highest BCUT2D eigenvalue weighted by Gasteiger charge is 2.51. The maximum absolute atomic E-state index is 11.7. The minimum absolute atomic E-state index is 0.0148. The molecule has 2 amide bonds. The van der Waals surface area contributed by atoms with E-state index in [1.54, 1.807) is 0 Å². The zero-order valence-corrected chi connectivity index (χ0v) is 8.91. The lowest BCUT2D eigenvalue weighted by atomic mass is 9.92. The van der Waals surface area contributed by atoms with Gasteiger partial charge in [-0.2, -0.15) is 0 Å². The molecule has 1 saturated carbocycles. The number of carbonyl (C=O) groups is 3. The molecule has 0 unspecified atom stereocenters. The number of piperidine rings is 1. The van der Waals surface area contributed by atoms with Crippen molar-refractivity contribution < 1.29 is 14.4 Å². The van der Waals surface area contributed by atoms with E-state index in [0.717, 1.165) is 12.8 Å². The number of nitrogens with zero attached hydrogens (tertiary/aromatic N) is 1. The van der Waals surface area contributed by atoms with Gasteiger partial charge in [-0.25, -0.2) is 0 Å². The van der Waals surface area contributed by atoms with Crippen molar-refractivity contribution in [3.63, 3.8) is 0 Å². The highest BCUT2D eigenvalue weighted by atomic mass is 16.2. The fraction of sp³-hybridized carbons (Fsp3) is 0.727. The second kappa shape index (κ2) is 3.43. The Bertz CT molecular complexity index is 311. The van der Waals surface area contributed by atoms with Crippen LogP contribution >= 0.6 is 0 Å². The van der Waals surface area contributed by atoms with Gasteiger partial charge < -0.3 is 0 Å². The first-order valence-electron chi connectivity index (χ1n) is 5.35. The topological polar surface area (TPSA) is 54.5 Å². The molecule has 0 aromatic carbocycles. The number of rotatable bonds is 3. The number of imide groups is 1. The Hall–Kier alpha value is -1.19. The second-order valence-corrected chi connectivity index (χ2v) is 4.74. The number of hydrogen-bond acceptors (Lipinski definition) is 3. The minimum Gasteiger partial charge on any atom is -0.300 e. The summed E-state index contributed by atoms with van der Waals surface area (Å²) < 4.78 is 0. The van der Waals surface area contributed by atoms with Crippen LogP contribution < -0.4 is 0 Å². The Balaban J connectivity index is 1.97. The van der Waals surface area contributed by atoms with Crippen LogP contribution in [0.4, 0.5) is 0 Å². The lowest BCUT2D eigenvalue weighted by Crippen LogP contribution is -2.44. The molecule has 0 N–H and O–H groups in total. The van der Waals surface area contributed by atoms with Crippen LogP contribution in [0.5, 0.6) is 0 Å². The van der Waals surface area contributed by atoms with Crippen LogP contribution in [0, 0.1) is 5.41 Å². The normalized spacial score (nSPS) is 23.4. The van der Waals surface area contributed by atoms with Crippen LogP contribution in [-0.4, -0.2) is 29.0 Å². The molecule has 1 aliphatic heterocycles. The van der Waals surface area contributed by atoms with Crippen molar-refractivity contribution in [2.24, 2.45) is 5.41 Å². The van der Waals surface area contributed by atoms with Crippen molar-refractivity contribution in [1.82, 2.24) is 4.90 Å². The number of likely N-dealkylation sites (tertiary alicyclic amines) is 1. The summed E-state index contributed by atoms with van der Waals surface area (Å²) in [7, 11) is 0. The molecular formula is C11H15NO3. The van der Waals surface area contributed by atoms with Gasteiger partial charge in [0, 0.05) is 25.8 Å². The number of hydrogen-bond donors (Lipinski definition) is 0. The highest BCUT2D eigenvalue weighted by molar-refractivity contribution is 5.99. The van der Waals surface area contributed by atoms with E-state index in [1.165, 1.54) is 11.8 Å². The summed E-state index contributed by atoms with van der Waals surface area (Å²) in [6.45, 7) is 1.74. The second-order valence-electron chi connectivity index (χ2n) is 4.74. The van der Waals surface area contributed by atoms with Crippen molar-refractivity contribution in [3.8, 4) is 0 Å². The van der Waals surface area contributed by atoms with Crippen molar-refractivity contribution in [2.45, 2.75) is 39.0 Å². The number of Topliss-reactive ketones (excluding diaryl/α,β-unsaturated/α-hetero) is 1. The molecule has 1 saturated heterocycles. The molecule has 0 atom stereocenters.